The first-order valence-electron chi connectivity index (χ1n) is 3.46. The van der Waals surface area contributed by atoms with Gasteiger partial charge in [-0.15, -0.1) is 0 Å². The molecule has 1 atom stereocenters. The lowest BCUT2D eigenvalue weighted by Crippen LogP contribution is -2.14. The topological polar surface area (TPSA) is 46.2 Å². The Balaban J connectivity index is 3.00. The minimum atomic E-state index is -0.256. The van der Waals surface area contributed by atoms with Crippen molar-refractivity contribution in [2.24, 2.45) is 5.73 Å². The maximum Gasteiger partial charge on any atom is 0.0624 e. The molecular formula is C8H9I2NO. The van der Waals surface area contributed by atoms with Crippen molar-refractivity contribution >= 4 is 45.2 Å². The fourth-order valence-corrected chi connectivity index (χ4v) is 2.88. The predicted octanol–water partition coefficient (Wildman–Crippen LogP) is 1.89. The van der Waals surface area contributed by atoms with Crippen LogP contribution in [0.15, 0.2) is 18.2 Å². The van der Waals surface area contributed by atoms with Gasteiger partial charge in [0.25, 0.3) is 0 Å². The van der Waals surface area contributed by atoms with Gasteiger partial charge in [0.15, 0.2) is 0 Å². The molecule has 0 bridgehead atoms. The third-order valence-corrected chi connectivity index (χ3v) is 2.76. The highest BCUT2D eigenvalue weighted by Crippen LogP contribution is 2.18. The largest absolute Gasteiger partial charge is 0.394 e. The van der Waals surface area contributed by atoms with Gasteiger partial charge in [-0.25, -0.2) is 0 Å². The fourth-order valence-electron chi connectivity index (χ4n) is 0.895. The highest BCUT2D eigenvalue weighted by Gasteiger charge is 2.05. The molecule has 0 aliphatic heterocycles. The van der Waals surface area contributed by atoms with Crippen molar-refractivity contribution in [1.29, 1.82) is 0 Å². The highest BCUT2D eigenvalue weighted by atomic mass is 127. The van der Waals surface area contributed by atoms with Gasteiger partial charge in [0, 0.05) is 7.14 Å². The molecule has 0 fully saturated rings. The van der Waals surface area contributed by atoms with E-state index in [-0.39, 0.29) is 12.6 Å². The summed E-state index contributed by atoms with van der Waals surface area (Å²) in [4.78, 5) is 0. The van der Waals surface area contributed by atoms with Crippen LogP contribution in [0.5, 0.6) is 0 Å². The molecule has 1 aromatic carbocycles. The first-order chi connectivity index (χ1) is 5.63. The van der Waals surface area contributed by atoms with Gasteiger partial charge in [0.1, 0.15) is 0 Å². The van der Waals surface area contributed by atoms with E-state index < -0.39 is 0 Å². The van der Waals surface area contributed by atoms with Crippen LogP contribution in [0, 0.1) is 7.14 Å². The number of aliphatic hydroxyl groups excluding tert-OH is 1. The number of hydrogen-bond donors (Lipinski definition) is 2. The molecule has 0 spiro atoms. The van der Waals surface area contributed by atoms with E-state index in [1.54, 1.807) is 0 Å². The lowest BCUT2D eigenvalue weighted by Gasteiger charge is -2.09. The predicted molar refractivity (Wildman–Crippen MR) is 65.9 cm³/mol. The van der Waals surface area contributed by atoms with Crippen molar-refractivity contribution in [1.82, 2.24) is 0 Å². The highest BCUT2D eigenvalue weighted by molar-refractivity contribution is 14.1. The van der Waals surface area contributed by atoms with Crippen molar-refractivity contribution in [2.75, 3.05) is 6.61 Å². The zero-order valence-corrected chi connectivity index (χ0v) is 10.6. The molecule has 3 N–H and O–H groups in total. The summed E-state index contributed by atoms with van der Waals surface area (Å²) >= 11 is 4.48. The van der Waals surface area contributed by atoms with E-state index in [1.165, 1.54) is 0 Å². The van der Waals surface area contributed by atoms with E-state index in [1.807, 2.05) is 12.1 Å². The van der Waals surface area contributed by atoms with Crippen molar-refractivity contribution in [3.05, 3.63) is 30.9 Å². The quantitative estimate of drug-likeness (QED) is 0.760. The van der Waals surface area contributed by atoms with E-state index >= 15 is 0 Å². The summed E-state index contributed by atoms with van der Waals surface area (Å²) in [5.74, 6) is 0. The molecule has 0 heterocycles. The smallest absolute Gasteiger partial charge is 0.0624 e. The molecule has 0 unspecified atom stereocenters. The van der Waals surface area contributed by atoms with Gasteiger partial charge in [0.05, 0.1) is 12.6 Å². The Labute approximate surface area is 98.8 Å². The Morgan fingerprint density at radius 2 is 1.75 bits per heavy atom. The molecule has 0 aliphatic carbocycles. The van der Waals surface area contributed by atoms with Crippen LogP contribution in [0.25, 0.3) is 0 Å². The Morgan fingerprint density at radius 1 is 1.25 bits per heavy atom. The third-order valence-electron chi connectivity index (χ3n) is 1.51. The number of rotatable bonds is 2. The Kier molecular flexibility index (Phi) is 4.21. The van der Waals surface area contributed by atoms with Gasteiger partial charge < -0.3 is 10.8 Å². The van der Waals surface area contributed by atoms with Crippen LogP contribution in [-0.2, 0) is 0 Å². The summed E-state index contributed by atoms with van der Waals surface area (Å²) in [7, 11) is 0. The van der Waals surface area contributed by atoms with Gasteiger partial charge in [-0.1, -0.05) is 0 Å². The Hall–Kier alpha value is 0.600. The second kappa shape index (κ2) is 4.73. The zero-order chi connectivity index (χ0) is 9.14. The van der Waals surface area contributed by atoms with Crippen LogP contribution >= 0.6 is 45.2 Å². The van der Waals surface area contributed by atoms with Crippen molar-refractivity contribution in [3.8, 4) is 0 Å². The van der Waals surface area contributed by atoms with Crippen LogP contribution in [0.3, 0.4) is 0 Å². The van der Waals surface area contributed by atoms with Gasteiger partial charge in [-0.05, 0) is 68.9 Å². The summed E-state index contributed by atoms with van der Waals surface area (Å²) < 4.78 is 2.30. The average molecular weight is 389 g/mol. The zero-order valence-electron chi connectivity index (χ0n) is 6.30. The number of benzene rings is 1. The van der Waals surface area contributed by atoms with Crippen LogP contribution in [0.2, 0.25) is 0 Å². The van der Waals surface area contributed by atoms with E-state index in [2.05, 4.69) is 51.2 Å². The van der Waals surface area contributed by atoms with Gasteiger partial charge in [-0.2, -0.15) is 0 Å². The summed E-state index contributed by atoms with van der Waals surface area (Å²) in [6.45, 7) is -0.00380. The fraction of sp³-hybridized carbons (Fsp3) is 0.250. The Bertz CT molecular complexity index is 258. The monoisotopic (exact) mass is 389 g/mol. The molecule has 1 rings (SSSR count). The van der Waals surface area contributed by atoms with E-state index in [0.29, 0.717) is 0 Å². The van der Waals surface area contributed by atoms with E-state index in [0.717, 1.165) is 12.7 Å². The summed E-state index contributed by atoms with van der Waals surface area (Å²) in [6, 6.07) is 5.79. The summed E-state index contributed by atoms with van der Waals surface area (Å²) in [5, 5.41) is 8.84. The molecule has 0 radical (unpaired) electrons. The molecule has 0 saturated heterocycles. The maximum atomic E-state index is 8.84. The normalized spacial score (nSPS) is 13.0. The maximum absolute atomic E-state index is 8.84. The standard InChI is InChI=1S/C8H9I2NO/c9-6-1-5(8(11)4-12)2-7(10)3-6/h1-3,8,12H,4,11H2/t8-/m0/s1. The molecular weight excluding hydrogens is 380 g/mol. The number of halogens is 2. The van der Waals surface area contributed by atoms with Crippen molar-refractivity contribution < 1.29 is 5.11 Å². The van der Waals surface area contributed by atoms with Crippen LogP contribution in [0.1, 0.15) is 11.6 Å². The Morgan fingerprint density at radius 3 is 2.17 bits per heavy atom. The lowest BCUT2D eigenvalue weighted by molar-refractivity contribution is 0.268. The van der Waals surface area contributed by atoms with E-state index in [4.69, 9.17) is 10.8 Å². The number of nitrogens with two attached hydrogens (primary N) is 1. The second-order valence-corrected chi connectivity index (χ2v) is 4.98. The molecule has 12 heavy (non-hydrogen) atoms. The molecule has 66 valence electrons. The average Bonchev–Trinajstić information content (AvgIpc) is 2.01. The molecule has 0 saturated carbocycles. The number of aliphatic hydroxyl groups is 1. The minimum Gasteiger partial charge on any atom is -0.394 e. The van der Waals surface area contributed by atoms with Crippen LogP contribution < -0.4 is 5.73 Å². The summed E-state index contributed by atoms with van der Waals surface area (Å²) in [5.41, 5.74) is 6.67. The molecule has 0 aromatic heterocycles. The van der Waals surface area contributed by atoms with Crippen molar-refractivity contribution in [2.45, 2.75) is 6.04 Å². The molecule has 4 heteroatoms. The SMILES string of the molecule is N[C@@H](CO)c1cc(I)cc(I)c1. The minimum absolute atomic E-state index is 0.00380. The number of hydrogen-bond acceptors (Lipinski definition) is 2. The molecule has 0 amide bonds. The first-order valence-corrected chi connectivity index (χ1v) is 5.61. The van der Waals surface area contributed by atoms with E-state index in [9.17, 15) is 0 Å². The molecule has 0 aliphatic rings. The van der Waals surface area contributed by atoms with Crippen molar-refractivity contribution in [3.63, 3.8) is 0 Å². The molecule has 2 nitrogen and oxygen atoms in total. The van der Waals surface area contributed by atoms with Gasteiger partial charge in [0.2, 0.25) is 0 Å². The summed E-state index contributed by atoms with van der Waals surface area (Å²) in [6.07, 6.45) is 0. The molecule has 1 aromatic rings. The van der Waals surface area contributed by atoms with Crippen LogP contribution in [-0.4, -0.2) is 11.7 Å². The third kappa shape index (κ3) is 2.82. The lowest BCUT2D eigenvalue weighted by atomic mass is 10.1. The second-order valence-electron chi connectivity index (χ2n) is 2.49. The first kappa shape index (κ1) is 10.7. The van der Waals surface area contributed by atoms with Gasteiger partial charge >= 0.3 is 0 Å². The van der Waals surface area contributed by atoms with Gasteiger partial charge in [-0.3, -0.25) is 0 Å². The van der Waals surface area contributed by atoms with Crippen LogP contribution in [0.4, 0.5) is 0 Å².